The lowest BCUT2D eigenvalue weighted by Gasteiger charge is -2.26. The maximum absolute atomic E-state index is 2.38. The SMILES string of the molecule is c1ccc(-c2cc(-c3ccccc3)cc(-c3ccc(N(c4ccc(-c5ccc6sc7ccccc7c6c5)cc4)c4ccc(-n5c6ccccc6c6ccccc65)cc4)cc3)c2)cc1. The van der Waals surface area contributed by atoms with Crippen molar-refractivity contribution in [3.8, 4) is 50.2 Å². The third-order valence-electron chi connectivity index (χ3n) is 12.4. The first kappa shape index (κ1) is 36.8. The lowest BCUT2D eigenvalue weighted by molar-refractivity contribution is 1.17. The Bertz CT molecular complexity index is 3470. The summed E-state index contributed by atoms with van der Waals surface area (Å²) in [6.45, 7) is 0. The number of hydrogen-bond donors (Lipinski definition) is 0. The Morgan fingerprint density at radius 3 is 1.21 bits per heavy atom. The van der Waals surface area contributed by atoms with Gasteiger partial charge >= 0.3 is 0 Å². The molecule has 0 N–H and O–H groups in total. The van der Waals surface area contributed by atoms with E-state index >= 15 is 0 Å². The lowest BCUT2D eigenvalue weighted by Crippen LogP contribution is -2.10. The zero-order valence-electron chi connectivity index (χ0n) is 34.4. The topological polar surface area (TPSA) is 8.17 Å². The van der Waals surface area contributed by atoms with Gasteiger partial charge in [-0.15, -0.1) is 11.3 Å². The molecule has 12 aromatic rings. The number of benzene rings is 10. The standard InChI is InChI=1S/C60H40N2S/c1-3-13-41(14-4-1)46-37-47(42-15-5-2-6-16-42)39-48(38-46)44-25-30-50(31-26-44)61(49-28-23-43(24-29-49)45-27-36-60-56(40-45)55-19-9-12-22-59(55)63-60)51-32-34-52(35-33-51)62-57-20-10-7-17-53(57)54-18-8-11-21-58(54)62/h1-40H. The van der Waals surface area contributed by atoms with Crippen LogP contribution in [0.15, 0.2) is 243 Å². The normalized spacial score (nSPS) is 11.5. The highest BCUT2D eigenvalue weighted by Crippen LogP contribution is 2.41. The molecular weight excluding hydrogens is 781 g/mol. The molecule has 0 aliphatic carbocycles. The second-order valence-corrected chi connectivity index (χ2v) is 17.2. The van der Waals surface area contributed by atoms with Crippen LogP contribution in [0.25, 0.3) is 92.2 Å². The number of para-hydroxylation sites is 2. The van der Waals surface area contributed by atoms with E-state index < -0.39 is 0 Å². The van der Waals surface area contributed by atoms with Crippen LogP contribution in [0.5, 0.6) is 0 Å². The van der Waals surface area contributed by atoms with Gasteiger partial charge in [0, 0.05) is 53.7 Å². The van der Waals surface area contributed by atoms with Gasteiger partial charge < -0.3 is 9.47 Å². The monoisotopic (exact) mass is 820 g/mol. The molecule has 0 spiro atoms. The Labute approximate surface area is 370 Å². The zero-order chi connectivity index (χ0) is 41.7. The van der Waals surface area contributed by atoms with E-state index in [1.807, 2.05) is 11.3 Å². The minimum absolute atomic E-state index is 1.09. The van der Waals surface area contributed by atoms with Crippen molar-refractivity contribution in [2.24, 2.45) is 0 Å². The zero-order valence-corrected chi connectivity index (χ0v) is 35.2. The third-order valence-corrected chi connectivity index (χ3v) is 13.5. The Morgan fingerprint density at radius 1 is 0.270 bits per heavy atom. The molecule has 0 radical (unpaired) electrons. The summed E-state index contributed by atoms with van der Waals surface area (Å²) < 4.78 is 5.02. The van der Waals surface area contributed by atoms with E-state index in [1.165, 1.54) is 86.5 Å². The first-order valence-corrected chi connectivity index (χ1v) is 22.3. The van der Waals surface area contributed by atoms with Crippen LogP contribution in [0.4, 0.5) is 17.1 Å². The predicted octanol–water partition coefficient (Wildman–Crippen LogP) is 17.3. The molecule has 63 heavy (non-hydrogen) atoms. The second-order valence-electron chi connectivity index (χ2n) is 16.2. The minimum Gasteiger partial charge on any atom is -0.311 e. The first-order valence-electron chi connectivity index (χ1n) is 21.5. The number of nitrogens with zero attached hydrogens (tertiary/aromatic N) is 2. The van der Waals surface area contributed by atoms with E-state index in [0.29, 0.717) is 0 Å². The lowest BCUT2D eigenvalue weighted by atomic mass is 9.93. The molecule has 0 saturated heterocycles. The fourth-order valence-electron chi connectivity index (χ4n) is 9.30. The molecular formula is C60H40N2S. The molecule has 0 amide bonds. The molecule has 3 heteroatoms. The predicted molar refractivity (Wildman–Crippen MR) is 270 cm³/mol. The highest BCUT2D eigenvalue weighted by atomic mass is 32.1. The van der Waals surface area contributed by atoms with Crippen LogP contribution in [0.1, 0.15) is 0 Å². The van der Waals surface area contributed by atoms with E-state index in [0.717, 1.165) is 22.7 Å². The van der Waals surface area contributed by atoms with Gasteiger partial charge in [0.1, 0.15) is 0 Å². The first-order chi connectivity index (χ1) is 31.2. The van der Waals surface area contributed by atoms with Gasteiger partial charge in [0.25, 0.3) is 0 Å². The molecule has 10 aromatic carbocycles. The summed E-state index contributed by atoms with van der Waals surface area (Å²) in [4.78, 5) is 2.37. The average molecular weight is 821 g/mol. The fraction of sp³-hybridized carbons (Fsp3) is 0. The summed E-state index contributed by atoms with van der Waals surface area (Å²) in [5.74, 6) is 0. The van der Waals surface area contributed by atoms with Crippen LogP contribution in [0.3, 0.4) is 0 Å². The van der Waals surface area contributed by atoms with Crippen molar-refractivity contribution >= 4 is 70.4 Å². The van der Waals surface area contributed by atoms with Crippen LogP contribution in [0.2, 0.25) is 0 Å². The average Bonchev–Trinajstić information content (AvgIpc) is 3.91. The van der Waals surface area contributed by atoms with Crippen molar-refractivity contribution in [1.82, 2.24) is 4.57 Å². The Kier molecular flexibility index (Phi) is 9.06. The molecule has 0 saturated carbocycles. The van der Waals surface area contributed by atoms with Crippen LogP contribution < -0.4 is 4.90 Å². The molecule has 0 fully saturated rings. The maximum Gasteiger partial charge on any atom is 0.0541 e. The molecule has 2 heterocycles. The van der Waals surface area contributed by atoms with Gasteiger partial charge in [-0.05, 0) is 142 Å². The smallest absolute Gasteiger partial charge is 0.0541 e. The van der Waals surface area contributed by atoms with Gasteiger partial charge in [0.2, 0.25) is 0 Å². The van der Waals surface area contributed by atoms with Gasteiger partial charge in [-0.3, -0.25) is 0 Å². The fourth-order valence-corrected chi connectivity index (χ4v) is 10.4. The summed E-state index contributed by atoms with van der Waals surface area (Å²) in [7, 11) is 0. The quantitative estimate of drug-likeness (QED) is 0.148. The summed E-state index contributed by atoms with van der Waals surface area (Å²) in [6, 6.07) is 88.4. The van der Waals surface area contributed by atoms with Crippen LogP contribution in [0, 0.1) is 0 Å². The third kappa shape index (κ3) is 6.67. The highest BCUT2D eigenvalue weighted by Gasteiger charge is 2.17. The van der Waals surface area contributed by atoms with Gasteiger partial charge in [0.15, 0.2) is 0 Å². The largest absolute Gasteiger partial charge is 0.311 e. The molecule has 2 aromatic heterocycles. The number of aromatic nitrogens is 1. The number of rotatable bonds is 8. The molecule has 0 unspecified atom stereocenters. The number of thiophene rings is 1. The molecule has 2 nitrogen and oxygen atoms in total. The molecule has 0 aliphatic rings. The van der Waals surface area contributed by atoms with Gasteiger partial charge in [0.05, 0.1) is 11.0 Å². The number of hydrogen-bond acceptors (Lipinski definition) is 2. The van der Waals surface area contributed by atoms with Crippen molar-refractivity contribution in [3.63, 3.8) is 0 Å². The summed E-state index contributed by atoms with van der Waals surface area (Å²) >= 11 is 1.86. The van der Waals surface area contributed by atoms with Crippen molar-refractivity contribution < 1.29 is 0 Å². The van der Waals surface area contributed by atoms with Crippen molar-refractivity contribution in [3.05, 3.63) is 243 Å². The highest BCUT2D eigenvalue weighted by molar-refractivity contribution is 7.25. The second kappa shape index (κ2) is 15.5. The van der Waals surface area contributed by atoms with Crippen molar-refractivity contribution in [1.29, 1.82) is 0 Å². The number of fused-ring (bicyclic) bond motifs is 6. The van der Waals surface area contributed by atoms with E-state index in [2.05, 4.69) is 252 Å². The van der Waals surface area contributed by atoms with E-state index in [4.69, 9.17) is 0 Å². The molecule has 12 rings (SSSR count). The molecule has 0 bridgehead atoms. The minimum atomic E-state index is 1.09. The van der Waals surface area contributed by atoms with E-state index in [1.54, 1.807) is 0 Å². The summed E-state index contributed by atoms with van der Waals surface area (Å²) in [5, 5.41) is 5.15. The van der Waals surface area contributed by atoms with Crippen molar-refractivity contribution in [2.45, 2.75) is 0 Å². The maximum atomic E-state index is 2.38. The van der Waals surface area contributed by atoms with Gasteiger partial charge in [-0.25, -0.2) is 0 Å². The van der Waals surface area contributed by atoms with Gasteiger partial charge in [-0.1, -0.05) is 146 Å². The van der Waals surface area contributed by atoms with Crippen LogP contribution in [-0.2, 0) is 0 Å². The van der Waals surface area contributed by atoms with E-state index in [-0.39, 0.29) is 0 Å². The Morgan fingerprint density at radius 2 is 0.667 bits per heavy atom. The van der Waals surface area contributed by atoms with Gasteiger partial charge in [-0.2, -0.15) is 0 Å². The van der Waals surface area contributed by atoms with E-state index in [9.17, 15) is 0 Å². The molecule has 0 aliphatic heterocycles. The Hall–Kier alpha value is -7.98. The molecule has 296 valence electrons. The summed E-state index contributed by atoms with van der Waals surface area (Å²) in [6.07, 6.45) is 0. The Balaban J connectivity index is 0.951. The summed E-state index contributed by atoms with van der Waals surface area (Å²) in [5.41, 5.74) is 16.4. The molecule has 0 atom stereocenters. The van der Waals surface area contributed by atoms with Crippen LogP contribution in [-0.4, -0.2) is 4.57 Å². The van der Waals surface area contributed by atoms with Crippen molar-refractivity contribution in [2.75, 3.05) is 4.90 Å². The van der Waals surface area contributed by atoms with Crippen LogP contribution >= 0.6 is 11.3 Å². The number of anilines is 3.